The van der Waals surface area contributed by atoms with E-state index < -0.39 is 10.0 Å². The van der Waals surface area contributed by atoms with E-state index in [1.807, 2.05) is 18.2 Å². The van der Waals surface area contributed by atoms with Crippen molar-refractivity contribution >= 4 is 40.0 Å². The molecule has 0 spiro atoms. The second-order valence-corrected chi connectivity index (χ2v) is 7.71. The van der Waals surface area contributed by atoms with E-state index in [2.05, 4.69) is 15.3 Å². The number of hydrogen-bond donors (Lipinski definition) is 2. The van der Waals surface area contributed by atoms with Gasteiger partial charge in [-0.05, 0) is 23.8 Å². The van der Waals surface area contributed by atoms with Crippen LogP contribution in [0.1, 0.15) is 11.3 Å². The Bertz CT molecular complexity index is 826. The van der Waals surface area contributed by atoms with Crippen LogP contribution in [0, 0.1) is 0 Å². The number of benzene rings is 1. The van der Waals surface area contributed by atoms with E-state index >= 15 is 0 Å². The third-order valence-electron chi connectivity index (χ3n) is 3.56. The largest absolute Gasteiger partial charge is 0.370 e. The van der Waals surface area contributed by atoms with Crippen LogP contribution in [0.25, 0.3) is 0 Å². The Morgan fingerprint density at radius 3 is 2.54 bits per heavy atom. The molecule has 3 N–H and O–H groups in total. The molecular weight excluding hydrogens is 465 g/mol. The number of nitrogens with one attached hydrogen (secondary N) is 1. The van der Waals surface area contributed by atoms with Crippen LogP contribution in [0.2, 0.25) is 0 Å². The minimum absolute atomic E-state index is 0. The topological polar surface area (TPSA) is 101 Å². The molecule has 0 radical (unpaired) electrons. The first kappa shape index (κ1) is 22.3. The quantitative estimate of drug-likeness (QED) is 0.350. The summed E-state index contributed by atoms with van der Waals surface area (Å²) in [5.74, 6) is 0.271. The third-order valence-corrected chi connectivity index (χ3v) is 5.48. The molecule has 1 aromatic carbocycles. The standard InChI is InChI=1S/C17H23N5O2S.HI/c1-22(2)25(23,24)16-9-4-3-7-14(16)13-21-17(18)20-12-10-15-8-5-6-11-19-15;/h3-9,11H,10,12-13H2,1-2H3,(H3,18,20,21);1H. The van der Waals surface area contributed by atoms with E-state index in [1.165, 1.54) is 18.4 Å². The van der Waals surface area contributed by atoms with Crippen molar-refractivity contribution in [2.75, 3.05) is 20.6 Å². The molecule has 0 fully saturated rings. The van der Waals surface area contributed by atoms with E-state index in [1.54, 1.807) is 30.5 Å². The lowest BCUT2D eigenvalue weighted by Crippen LogP contribution is -2.33. The highest BCUT2D eigenvalue weighted by molar-refractivity contribution is 14.0. The maximum atomic E-state index is 12.4. The fraction of sp³-hybridized carbons (Fsp3) is 0.294. The lowest BCUT2D eigenvalue weighted by atomic mass is 10.2. The smallest absolute Gasteiger partial charge is 0.242 e. The normalized spacial score (nSPS) is 11.9. The Morgan fingerprint density at radius 2 is 1.88 bits per heavy atom. The predicted molar refractivity (Wildman–Crippen MR) is 114 cm³/mol. The number of hydrogen-bond acceptors (Lipinski definition) is 4. The molecule has 2 rings (SSSR count). The van der Waals surface area contributed by atoms with Gasteiger partial charge in [0.1, 0.15) is 0 Å². The van der Waals surface area contributed by atoms with E-state index in [-0.39, 0.29) is 41.4 Å². The van der Waals surface area contributed by atoms with Gasteiger partial charge in [0.15, 0.2) is 5.96 Å². The Labute approximate surface area is 171 Å². The number of aliphatic imine (C=N–C) groups is 1. The molecule has 0 atom stereocenters. The van der Waals surface area contributed by atoms with Crippen molar-refractivity contribution < 1.29 is 8.42 Å². The molecule has 0 bridgehead atoms. The molecule has 9 heteroatoms. The maximum absolute atomic E-state index is 12.4. The molecule has 0 saturated heterocycles. The highest BCUT2D eigenvalue weighted by atomic mass is 127. The summed E-state index contributed by atoms with van der Waals surface area (Å²) >= 11 is 0. The molecule has 1 aromatic heterocycles. The zero-order valence-electron chi connectivity index (χ0n) is 14.8. The van der Waals surface area contributed by atoms with Gasteiger partial charge in [0, 0.05) is 39.0 Å². The zero-order valence-corrected chi connectivity index (χ0v) is 17.9. The van der Waals surface area contributed by atoms with Crippen LogP contribution < -0.4 is 11.1 Å². The Morgan fingerprint density at radius 1 is 1.19 bits per heavy atom. The Kier molecular flexibility index (Phi) is 8.96. The predicted octanol–water partition coefficient (Wildman–Crippen LogP) is 1.60. The second kappa shape index (κ2) is 10.4. The van der Waals surface area contributed by atoms with Gasteiger partial charge in [-0.25, -0.2) is 17.7 Å². The van der Waals surface area contributed by atoms with Crippen molar-refractivity contribution in [3.8, 4) is 0 Å². The number of sulfonamides is 1. The maximum Gasteiger partial charge on any atom is 0.242 e. The van der Waals surface area contributed by atoms with Crippen LogP contribution in [-0.4, -0.2) is 44.3 Å². The molecule has 0 amide bonds. The number of nitrogens with zero attached hydrogens (tertiary/aromatic N) is 3. The Hall–Kier alpha value is -1.72. The number of pyridine rings is 1. The van der Waals surface area contributed by atoms with Crippen LogP contribution in [0.4, 0.5) is 0 Å². The fourth-order valence-electron chi connectivity index (χ4n) is 2.17. The fourth-order valence-corrected chi connectivity index (χ4v) is 3.28. The van der Waals surface area contributed by atoms with E-state index in [4.69, 9.17) is 5.73 Å². The van der Waals surface area contributed by atoms with Gasteiger partial charge in [0.05, 0.1) is 11.4 Å². The van der Waals surface area contributed by atoms with Gasteiger partial charge in [-0.15, -0.1) is 24.0 Å². The van der Waals surface area contributed by atoms with E-state index in [0.717, 1.165) is 12.1 Å². The SMILES string of the molecule is CN(C)S(=O)(=O)c1ccccc1CN=C(N)NCCc1ccccn1.I. The highest BCUT2D eigenvalue weighted by Gasteiger charge is 2.20. The van der Waals surface area contributed by atoms with Crippen molar-refractivity contribution in [1.82, 2.24) is 14.6 Å². The molecule has 1 heterocycles. The van der Waals surface area contributed by atoms with Crippen molar-refractivity contribution in [3.05, 3.63) is 59.9 Å². The molecule has 26 heavy (non-hydrogen) atoms. The van der Waals surface area contributed by atoms with Crippen molar-refractivity contribution in [2.45, 2.75) is 17.9 Å². The third kappa shape index (κ3) is 6.22. The summed E-state index contributed by atoms with van der Waals surface area (Å²) in [6.07, 6.45) is 2.47. The Balaban J connectivity index is 0.00000338. The number of nitrogens with two attached hydrogens (primary N) is 1. The highest BCUT2D eigenvalue weighted by Crippen LogP contribution is 2.19. The molecule has 0 aliphatic rings. The van der Waals surface area contributed by atoms with Crippen LogP contribution in [0.3, 0.4) is 0 Å². The summed E-state index contributed by atoms with van der Waals surface area (Å²) in [7, 11) is -0.508. The van der Waals surface area contributed by atoms with Gasteiger partial charge in [0.25, 0.3) is 0 Å². The summed E-state index contributed by atoms with van der Waals surface area (Å²) in [6.45, 7) is 0.787. The monoisotopic (exact) mass is 489 g/mol. The second-order valence-electron chi connectivity index (χ2n) is 5.59. The minimum Gasteiger partial charge on any atom is -0.370 e. The van der Waals surface area contributed by atoms with Gasteiger partial charge in [-0.2, -0.15) is 0 Å². The molecule has 142 valence electrons. The van der Waals surface area contributed by atoms with Gasteiger partial charge in [-0.3, -0.25) is 4.98 Å². The molecular formula is C17H24IN5O2S. The van der Waals surface area contributed by atoms with Crippen LogP contribution in [0.5, 0.6) is 0 Å². The van der Waals surface area contributed by atoms with E-state index in [0.29, 0.717) is 12.1 Å². The van der Waals surface area contributed by atoms with Crippen molar-refractivity contribution in [1.29, 1.82) is 0 Å². The van der Waals surface area contributed by atoms with Gasteiger partial charge < -0.3 is 11.1 Å². The number of aromatic nitrogens is 1. The average molecular weight is 489 g/mol. The lowest BCUT2D eigenvalue weighted by molar-refractivity contribution is 0.519. The molecule has 0 unspecified atom stereocenters. The molecule has 0 aliphatic heterocycles. The lowest BCUT2D eigenvalue weighted by Gasteiger charge is -2.14. The molecule has 2 aromatic rings. The van der Waals surface area contributed by atoms with Crippen LogP contribution >= 0.6 is 24.0 Å². The summed E-state index contributed by atoms with van der Waals surface area (Å²) in [5.41, 5.74) is 7.43. The summed E-state index contributed by atoms with van der Waals surface area (Å²) in [6, 6.07) is 12.5. The first-order valence-electron chi connectivity index (χ1n) is 7.85. The van der Waals surface area contributed by atoms with Crippen LogP contribution in [-0.2, 0) is 23.0 Å². The first-order valence-corrected chi connectivity index (χ1v) is 9.29. The molecule has 0 aliphatic carbocycles. The number of guanidine groups is 1. The minimum atomic E-state index is -3.51. The van der Waals surface area contributed by atoms with Gasteiger partial charge in [-0.1, -0.05) is 24.3 Å². The number of halogens is 1. The first-order chi connectivity index (χ1) is 11.9. The molecule has 7 nitrogen and oxygen atoms in total. The van der Waals surface area contributed by atoms with Gasteiger partial charge in [0.2, 0.25) is 10.0 Å². The molecule has 0 saturated carbocycles. The van der Waals surface area contributed by atoms with Gasteiger partial charge >= 0.3 is 0 Å². The number of rotatable bonds is 7. The van der Waals surface area contributed by atoms with Crippen LogP contribution in [0.15, 0.2) is 58.5 Å². The van der Waals surface area contributed by atoms with E-state index in [9.17, 15) is 8.42 Å². The average Bonchev–Trinajstić information content (AvgIpc) is 2.61. The summed E-state index contributed by atoms with van der Waals surface area (Å²) in [4.78, 5) is 8.71. The summed E-state index contributed by atoms with van der Waals surface area (Å²) in [5, 5.41) is 3.01. The summed E-state index contributed by atoms with van der Waals surface area (Å²) < 4.78 is 25.9. The zero-order chi connectivity index (χ0) is 18.3. The van der Waals surface area contributed by atoms with Crippen molar-refractivity contribution in [2.24, 2.45) is 10.7 Å². The van der Waals surface area contributed by atoms with Crippen molar-refractivity contribution in [3.63, 3.8) is 0 Å².